The maximum absolute atomic E-state index is 10.4. The van der Waals surface area contributed by atoms with Gasteiger partial charge in [-0.3, -0.25) is 4.79 Å². The molecule has 0 aromatic carbocycles. The maximum Gasteiger partial charge on any atom is 0.303 e. The van der Waals surface area contributed by atoms with E-state index >= 15 is 0 Å². The number of allylic oxidation sites excluding steroid dienone is 2. The van der Waals surface area contributed by atoms with Gasteiger partial charge < -0.3 is 14.6 Å². The van der Waals surface area contributed by atoms with Crippen LogP contribution in [0.4, 0.5) is 0 Å². The minimum Gasteiger partial charge on any atom is -0.481 e. The Hall–Kier alpha value is -2.25. The van der Waals surface area contributed by atoms with Crippen LogP contribution >= 0.6 is 0 Å². The highest BCUT2D eigenvalue weighted by Gasteiger charge is 1.98. The van der Waals surface area contributed by atoms with Gasteiger partial charge in [-0.25, -0.2) is 0 Å². The quantitative estimate of drug-likeness (QED) is 0.344. The number of carbonyl (C=O) groups is 1. The summed E-state index contributed by atoms with van der Waals surface area (Å²) in [5, 5.41) is 18.4. The van der Waals surface area contributed by atoms with E-state index in [0.717, 1.165) is 6.42 Å². The van der Waals surface area contributed by atoms with Crippen molar-refractivity contribution < 1.29 is 19.4 Å². The van der Waals surface area contributed by atoms with E-state index in [-0.39, 0.29) is 6.42 Å². The van der Waals surface area contributed by atoms with E-state index in [2.05, 4.69) is 24.8 Å². The molecule has 1 aromatic rings. The molecule has 1 heterocycles. The Balaban J connectivity index is 2.33. The minimum atomic E-state index is -0.779. The van der Waals surface area contributed by atoms with E-state index in [9.17, 15) is 9.90 Å². The molecule has 0 fully saturated rings. The van der Waals surface area contributed by atoms with E-state index in [1.165, 1.54) is 19.3 Å². The van der Waals surface area contributed by atoms with E-state index in [0.29, 0.717) is 30.8 Å². The lowest BCUT2D eigenvalue weighted by atomic mass is 10.1. The Morgan fingerprint density at radius 1 is 1.20 bits per heavy atom. The molecule has 0 aliphatic rings. The largest absolute Gasteiger partial charge is 0.481 e. The first kappa shape index (κ1) is 20.8. The number of hydrogen-bond acceptors (Lipinski definition) is 3. The van der Waals surface area contributed by atoms with Gasteiger partial charge in [0.15, 0.2) is 5.76 Å². The van der Waals surface area contributed by atoms with Crippen LogP contribution in [0.25, 0.3) is 6.08 Å². The molecule has 0 spiro atoms. The minimum absolute atomic E-state index is 0.171. The number of furan rings is 1. The van der Waals surface area contributed by atoms with E-state index < -0.39 is 12.1 Å². The van der Waals surface area contributed by atoms with Crippen molar-refractivity contribution in [3.8, 4) is 11.8 Å². The summed E-state index contributed by atoms with van der Waals surface area (Å²) in [5.41, 5.74) is 0. The Morgan fingerprint density at radius 2 is 2.00 bits per heavy atom. The van der Waals surface area contributed by atoms with Crippen molar-refractivity contribution in [2.24, 2.45) is 0 Å². The third kappa shape index (κ3) is 11.0. The molecule has 0 aliphatic carbocycles. The van der Waals surface area contributed by atoms with Gasteiger partial charge in [0.2, 0.25) is 0 Å². The lowest BCUT2D eigenvalue weighted by Crippen LogP contribution is -1.99. The highest BCUT2D eigenvalue weighted by molar-refractivity contribution is 5.66. The third-order valence-electron chi connectivity index (χ3n) is 3.53. The number of aliphatic carboxylic acids is 1. The van der Waals surface area contributed by atoms with Crippen LogP contribution in [0.1, 0.15) is 69.8 Å². The average Bonchev–Trinajstić information content (AvgIpc) is 3.03. The first-order valence-electron chi connectivity index (χ1n) is 8.94. The van der Waals surface area contributed by atoms with Gasteiger partial charge in [0.05, 0.1) is 0 Å². The van der Waals surface area contributed by atoms with Crippen LogP contribution in [0.3, 0.4) is 0 Å². The lowest BCUT2D eigenvalue weighted by molar-refractivity contribution is -0.137. The van der Waals surface area contributed by atoms with Crippen molar-refractivity contribution in [3.05, 3.63) is 41.9 Å². The highest BCUT2D eigenvalue weighted by Crippen LogP contribution is 2.10. The molecule has 1 rings (SSSR count). The van der Waals surface area contributed by atoms with Crippen LogP contribution in [-0.2, 0) is 4.79 Å². The van der Waals surface area contributed by atoms with Crippen LogP contribution < -0.4 is 0 Å². The summed E-state index contributed by atoms with van der Waals surface area (Å²) in [6, 6.07) is 3.56. The molecule has 0 aliphatic heterocycles. The van der Waals surface area contributed by atoms with Crippen molar-refractivity contribution in [1.82, 2.24) is 0 Å². The van der Waals surface area contributed by atoms with Gasteiger partial charge in [-0.15, -0.1) is 0 Å². The third-order valence-corrected chi connectivity index (χ3v) is 3.53. The summed E-state index contributed by atoms with van der Waals surface area (Å²) in [6.45, 7) is 2.18. The van der Waals surface area contributed by atoms with Crippen LogP contribution in [-0.4, -0.2) is 22.3 Å². The van der Waals surface area contributed by atoms with Gasteiger partial charge in [-0.1, -0.05) is 43.9 Å². The number of unbranched alkanes of at least 4 members (excludes halogenated alkanes) is 4. The van der Waals surface area contributed by atoms with Gasteiger partial charge in [-0.2, -0.15) is 0 Å². The molecule has 0 saturated heterocycles. The van der Waals surface area contributed by atoms with Crippen LogP contribution in [0, 0.1) is 11.8 Å². The molecule has 1 unspecified atom stereocenters. The Kier molecular flexibility index (Phi) is 10.9. The summed E-state index contributed by atoms with van der Waals surface area (Å²) in [5.74, 6) is 6.01. The van der Waals surface area contributed by atoms with Crippen LogP contribution in [0.2, 0.25) is 0 Å². The van der Waals surface area contributed by atoms with Gasteiger partial charge in [0.1, 0.15) is 11.9 Å². The second-order valence-electron chi connectivity index (χ2n) is 5.88. The number of aliphatic hydroxyl groups is 1. The molecule has 2 N–H and O–H groups in total. The average molecular weight is 344 g/mol. The van der Waals surface area contributed by atoms with Crippen molar-refractivity contribution in [2.45, 2.75) is 64.4 Å². The number of carboxylic acids is 1. The molecule has 0 amide bonds. The molecule has 4 nitrogen and oxygen atoms in total. The van der Waals surface area contributed by atoms with Crippen molar-refractivity contribution >= 4 is 12.0 Å². The molecule has 1 aromatic heterocycles. The molecule has 0 saturated carbocycles. The van der Waals surface area contributed by atoms with Crippen molar-refractivity contribution in [1.29, 1.82) is 0 Å². The van der Waals surface area contributed by atoms with Crippen LogP contribution in [0.5, 0.6) is 0 Å². The molecule has 0 radical (unpaired) electrons. The highest BCUT2D eigenvalue weighted by atomic mass is 16.4. The molecule has 0 bridgehead atoms. The summed E-state index contributed by atoms with van der Waals surface area (Å²) in [4.78, 5) is 10.4. The fourth-order valence-electron chi connectivity index (χ4n) is 2.15. The fraction of sp³-hybridized carbons (Fsp3) is 0.476. The van der Waals surface area contributed by atoms with Gasteiger partial charge in [0, 0.05) is 12.8 Å². The topological polar surface area (TPSA) is 70.7 Å². The predicted octanol–water partition coefficient (Wildman–Crippen LogP) is 4.79. The fourth-order valence-corrected chi connectivity index (χ4v) is 2.15. The molecular weight excluding hydrogens is 316 g/mol. The monoisotopic (exact) mass is 344 g/mol. The normalized spacial score (nSPS) is 12.4. The second-order valence-corrected chi connectivity index (χ2v) is 5.88. The Bertz CT molecular complexity index is 613. The van der Waals surface area contributed by atoms with E-state index in [1.807, 2.05) is 18.2 Å². The van der Waals surface area contributed by atoms with Gasteiger partial charge >= 0.3 is 5.97 Å². The maximum atomic E-state index is 10.4. The Morgan fingerprint density at radius 3 is 2.76 bits per heavy atom. The Labute approximate surface area is 150 Å². The molecule has 136 valence electrons. The van der Waals surface area contributed by atoms with Gasteiger partial charge in [0.25, 0.3) is 0 Å². The SMILES string of the molecule is CCCCCC=CCC(O)C#Cc1ccc(C=CCCCC(=O)O)o1. The zero-order chi connectivity index (χ0) is 18.3. The second kappa shape index (κ2) is 13.1. The number of carboxylic acid groups (broad SMARTS) is 1. The molecule has 4 heteroatoms. The predicted molar refractivity (Wildman–Crippen MR) is 100 cm³/mol. The summed E-state index contributed by atoms with van der Waals surface area (Å²) in [7, 11) is 0. The van der Waals surface area contributed by atoms with Crippen molar-refractivity contribution in [2.75, 3.05) is 0 Å². The zero-order valence-electron chi connectivity index (χ0n) is 14.9. The zero-order valence-corrected chi connectivity index (χ0v) is 14.9. The number of hydrogen-bond donors (Lipinski definition) is 2. The summed E-state index contributed by atoms with van der Waals surface area (Å²) >= 11 is 0. The first-order valence-corrected chi connectivity index (χ1v) is 8.94. The standard InChI is InChI=1S/C21H28O4/c1-2-3-4-5-6-8-11-18(22)14-15-20-17-16-19(25-20)12-9-7-10-13-21(23)24/h6,8-9,12,16-18,22H,2-5,7,10-11,13H2,1H3,(H,23,24). The van der Waals surface area contributed by atoms with Crippen molar-refractivity contribution in [3.63, 3.8) is 0 Å². The smallest absolute Gasteiger partial charge is 0.303 e. The molecular formula is C21H28O4. The van der Waals surface area contributed by atoms with E-state index in [4.69, 9.17) is 9.52 Å². The summed E-state index contributed by atoms with van der Waals surface area (Å²) < 4.78 is 5.53. The number of rotatable bonds is 11. The van der Waals surface area contributed by atoms with Crippen LogP contribution in [0.15, 0.2) is 34.8 Å². The first-order chi connectivity index (χ1) is 12.1. The molecule has 25 heavy (non-hydrogen) atoms. The van der Waals surface area contributed by atoms with E-state index in [1.54, 1.807) is 12.1 Å². The summed E-state index contributed by atoms with van der Waals surface area (Å²) in [6.07, 6.45) is 13.8. The number of aliphatic hydroxyl groups excluding tert-OH is 1. The molecule has 1 atom stereocenters. The lowest BCUT2D eigenvalue weighted by Gasteiger charge is -1.97. The van der Waals surface area contributed by atoms with Gasteiger partial charge in [-0.05, 0) is 49.8 Å².